The van der Waals surface area contributed by atoms with Gasteiger partial charge in [-0.25, -0.2) is 18.3 Å². The van der Waals surface area contributed by atoms with Gasteiger partial charge in [0.05, 0.1) is 0 Å². The Labute approximate surface area is 417 Å². The number of alkyl halides is 4. The third kappa shape index (κ3) is 18.9. The van der Waals surface area contributed by atoms with Gasteiger partial charge in [0, 0.05) is 94.3 Å². The Morgan fingerprint density at radius 3 is 0.544 bits per heavy atom. The third-order valence-corrected chi connectivity index (χ3v) is 11.6. The molecule has 4 heterocycles. The Balaban J connectivity index is 0.000000220. The molecule has 0 bridgehead atoms. The first-order chi connectivity index (χ1) is 32.9. The summed E-state index contributed by atoms with van der Waals surface area (Å²) in [6, 6.07) is 51.1. The molecule has 348 valence electrons. The van der Waals surface area contributed by atoms with E-state index in [2.05, 4.69) is 213 Å². The predicted molar refractivity (Wildman–Crippen MR) is 259 cm³/mol. The topological polar surface area (TPSA) is 108 Å². The summed E-state index contributed by atoms with van der Waals surface area (Å²) in [5.41, 5.74) is 14.5. The van der Waals surface area contributed by atoms with Gasteiger partial charge in [-0.15, -0.1) is 46.4 Å². The lowest BCUT2D eigenvalue weighted by molar-refractivity contribution is -0.688. The highest BCUT2D eigenvalue weighted by Crippen LogP contribution is 2.18. The molecule has 4 aromatic carbocycles. The highest BCUT2D eigenvalue weighted by Gasteiger charge is 2.10. The smallest absolute Gasteiger partial charge is 0.173 e. The van der Waals surface area contributed by atoms with Crippen LogP contribution in [0.3, 0.4) is 0 Å². The van der Waals surface area contributed by atoms with E-state index in [9.17, 15) is 8.63 Å². The summed E-state index contributed by atoms with van der Waals surface area (Å²) in [4.78, 5) is 0. The normalized spacial score (nSPS) is 10.4. The molecule has 8 nitrogen and oxygen atoms in total. The molecule has 0 amide bonds. The molecule has 0 spiro atoms. The lowest BCUT2D eigenvalue weighted by Gasteiger charge is -2.09. The number of rotatable bonds is 14. The molecule has 0 unspecified atom stereocenters. The molecule has 0 radical (unpaired) electrons. The first kappa shape index (κ1) is 53.4. The van der Waals surface area contributed by atoms with Crippen LogP contribution >= 0.6 is 46.4 Å². The SMILES string of the molecule is ClCc1ccc(C[n+]2ccc(-c3cc[n+](Cc4ccc(CCl)cc4)cc3)cc2)cc1.ClCc1ccc(C[n+]2ccc(-c3cc[n+](Cc4ccc(CCl)cc4)cc3)cc2)cc1.[O-]B([O-])F.[O-]B([O-])F. The molecule has 68 heavy (non-hydrogen) atoms. The van der Waals surface area contributed by atoms with E-state index in [-0.39, 0.29) is 0 Å². The predicted octanol–water partition coefficient (Wildman–Crippen LogP) is 6.33. The van der Waals surface area contributed by atoms with Gasteiger partial charge in [0.25, 0.3) is 0 Å². The fraction of sp³-hybridized carbons (Fsp3) is 0.154. The Morgan fingerprint density at radius 1 is 0.279 bits per heavy atom. The largest absolute Gasteiger partial charge is 0.867 e. The molecule has 0 fully saturated rings. The van der Waals surface area contributed by atoms with E-state index in [1.54, 1.807) is 0 Å². The number of benzene rings is 4. The number of halogens is 6. The van der Waals surface area contributed by atoms with Gasteiger partial charge >= 0.3 is 0 Å². The van der Waals surface area contributed by atoms with E-state index in [0.29, 0.717) is 23.5 Å². The lowest BCUT2D eigenvalue weighted by atomic mass is 10.1. The van der Waals surface area contributed by atoms with Crippen LogP contribution in [0.2, 0.25) is 0 Å². The molecule has 8 rings (SSSR count). The van der Waals surface area contributed by atoms with Gasteiger partial charge < -0.3 is 28.7 Å². The van der Waals surface area contributed by atoms with Gasteiger partial charge in [0.2, 0.25) is 0 Å². The average molecular weight is 994 g/mol. The molecule has 0 aliphatic rings. The maximum atomic E-state index is 9.89. The summed E-state index contributed by atoms with van der Waals surface area (Å²) in [5.74, 6) is 2.22. The van der Waals surface area contributed by atoms with Crippen molar-refractivity contribution in [3.05, 3.63) is 240 Å². The zero-order valence-electron chi connectivity index (χ0n) is 37.0. The summed E-state index contributed by atoms with van der Waals surface area (Å²) in [6.45, 7) is 3.39. The number of aromatic nitrogens is 4. The minimum Gasteiger partial charge on any atom is -0.867 e. The van der Waals surface area contributed by atoms with Crippen molar-refractivity contribution in [3.63, 3.8) is 0 Å². The molecule has 0 atom stereocenters. The van der Waals surface area contributed by atoms with E-state index in [1.807, 2.05) is 0 Å². The molecule has 0 aliphatic carbocycles. The van der Waals surface area contributed by atoms with Crippen molar-refractivity contribution in [1.29, 1.82) is 0 Å². The van der Waals surface area contributed by atoms with Crippen LogP contribution in [-0.4, -0.2) is 14.8 Å². The minimum atomic E-state index is -3.17. The molecular weight excluding hydrogens is 946 g/mol. The summed E-state index contributed by atoms with van der Waals surface area (Å²) < 4.78 is 28.5. The molecule has 4 aromatic heterocycles. The van der Waals surface area contributed by atoms with Crippen molar-refractivity contribution in [3.8, 4) is 22.3 Å². The van der Waals surface area contributed by atoms with Gasteiger partial charge in [-0.05, 0) is 44.5 Å². The minimum absolute atomic E-state index is 0.555. The van der Waals surface area contributed by atoms with Crippen molar-refractivity contribution in [2.45, 2.75) is 49.7 Å². The molecule has 16 heteroatoms. The zero-order chi connectivity index (χ0) is 48.7. The van der Waals surface area contributed by atoms with E-state index in [4.69, 9.17) is 66.5 Å². The van der Waals surface area contributed by atoms with Gasteiger partial charge in [0.15, 0.2) is 75.8 Å². The van der Waals surface area contributed by atoms with Gasteiger partial charge in [-0.3, -0.25) is 0 Å². The van der Waals surface area contributed by atoms with Crippen molar-refractivity contribution < 1.29 is 47.0 Å². The second-order valence-corrected chi connectivity index (χ2v) is 16.5. The number of pyridine rings is 4. The Morgan fingerprint density at radius 2 is 0.412 bits per heavy atom. The van der Waals surface area contributed by atoms with Gasteiger partial charge in [-0.1, -0.05) is 97.1 Å². The average Bonchev–Trinajstić information content (AvgIpc) is 3.36. The Bertz CT molecular complexity index is 2280. The molecule has 0 saturated carbocycles. The van der Waals surface area contributed by atoms with Gasteiger partial charge in [0.1, 0.15) is 14.8 Å². The van der Waals surface area contributed by atoms with Crippen LogP contribution < -0.4 is 38.4 Å². The first-order valence-corrected chi connectivity index (χ1v) is 23.5. The molecule has 0 aliphatic heterocycles. The Hall–Kier alpha value is -5.53. The number of nitrogens with zero attached hydrogens (tertiary/aromatic N) is 4. The molecular formula is C52H48B2Cl4F2N4O4. The summed E-state index contributed by atoms with van der Waals surface area (Å²) in [7, 11) is -6.33. The second kappa shape index (κ2) is 28.7. The molecule has 8 aromatic rings. The van der Waals surface area contributed by atoms with Crippen LogP contribution in [0.25, 0.3) is 22.3 Å². The van der Waals surface area contributed by atoms with Crippen molar-refractivity contribution in [1.82, 2.24) is 0 Å². The number of hydrogen-bond donors (Lipinski definition) is 0. The summed E-state index contributed by atoms with van der Waals surface area (Å²) >= 11 is 23.5. The van der Waals surface area contributed by atoms with Crippen LogP contribution in [0, 0.1) is 0 Å². The van der Waals surface area contributed by atoms with E-state index < -0.39 is 14.8 Å². The maximum absolute atomic E-state index is 9.89. The Kier molecular flexibility index (Phi) is 22.6. The highest BCUT2D eigenvalue weighted by atomic mass is 35.5. The summed E-state index contributed by atoms with van der Waals surface area (Å²) in [5, 5.41) is 33.2. The summed E-state index contributed by atoms with van der Waals surface area (Å²) in [6.07, 6.45) is 17.0. The van der Waals surface area contributed by atoms with E-state index in [1.165, 1.54) is 44.5 Å². The van der Waals surface area contributed by atoms with Crippen LogP contribution in [0.1, 0.15) is 44.5 Å². The van der Waals surface area contributed by atoms with E-state index in [0.717, 1.165) is 48.4 Å². The fourth-order valence-corrected chi connectivity index (χ4v) is 7.51. The number of hydrogen-bond acceptors (Lipinski definition) is 4. The highest BCUT2D eigenvalue weighted by molar-refractivity contribution is 6.27. The quantitative estimate of drug-likeness (QED) is 0.0722. The first-order valence-electron chi connectivity index (χ1n) is 21.4. The lowest BCUT2D eigenvalue weighted by Crippen LogP contribution is -2.39. The van der Waals surface area contributed by atoms with Crippen molar-refractivity contribution in [2.75, 3.05) is 0 Å². The fourth-order valence-electron chi connectivity index (χ4n) is 6.80. The van der Waals surface area contributed by atoms with Gasteiger partial charge in [-0.2, -0.15) is 0 Å². The standard InChI is InChI=1S/2C26H24Cl2N2.2BFO2/c2*27-17-21-1-5-23(6-2-21)19-29-13-9-25(10-14-29)26-11-15-30(16-12-26)20-24-7-3-22(18-28)4-8-24;2*2-1(3)4/h2*1-16H,17-20H2;;/q2*+2;2*-2. The zero-order valence-corrected chi connectivity index (χ0v) is 40.0. The maximum Gasteiger partial charge on any atom is 0.173 e. The van der Waals surface area contributed by atoms with Crippen LogP contribution in [0.4, 0.5) is 8.63 Å². The van der Waals surface area contributed by atoms with Crippen molar-refractivity contribution >= 4 is 61.2 Å². The van der Waals surface area contributed by atoms with Crippen LogP contribution in [0.15, 0.2) is 195 Å². The third-order valence-electron chi connectivity index (χ3n) is 10.4. The molecule has 0 saturated heterocycles. The van der Waals surface area contributed by atoms with Crippen LogP contribution in [0.5, 0.6) is 0 Å². The second-order valence-electron chi connectivity index (χ2n) is 15.4. The van der Waals surface area contributed by atoms with E-state index >= 15 is 0 Å². The van der Waals surface area contributed by atoms with Crippen LogP contribution in [-0.2, 0) is 49.7 Å². The van der Waals surface area contributed by atoms with Crippen molar-refractivity contribution in [2.24, 2.45) is 0 Å². The molecule has 0 N–H and O–H groups in total. The monoisotopic (exact) mass is 992 g/mol.